The average Bonchev–Trinajstić information content (AvgIpc) is 2.75. The zero-order valence-electron chi connectivity index (χ0n) is 11.9. The first-order valence-electron chi connectivity index (χ1n) is 6.23. The van der Waals surface area contributed by atoms with Crippen LogP contribution < -0.4 is 4.74 Å². The summed E-state index contributed by atoms with van der Waals surface area (Å²) in [5.41, 5.74) is 0.767. The Balaban J connectivity index is 2.23. The molecular formula is C14H14N2O5. The van der Waals surface area contributed by atoms with Crippen LogP contribution in [0.1, 0.15) is 34.6 Å². The lowest BCUT2D eigenvalue weighted by Gasteiger charge is -2.07. The van der Waals surface area contributed by atoms with E-state index in [4.69, 9.17) is 9.15 Å². The third-order valence-electron chi connectivity index (χ3n) is 2.98. The first-order chi connectivity index (χ1) is 9.88. The summed E-state index contributed by atoms with van der Waals surface area (Å²) < 4.78 is 10.9. The van der Waals surface area contributed by atoms with E-state index in [1.807, 2.05) is 6.92 Å². The molecule has 1 aromatic heterocycles. The van der Waals surface area contributed by atoms with Gasteiger partial charge < -0.3 is 9.15 Å². The number of nitrogens with zero attached hydrogens (tertiary/aromatic N) is 2. The number of nitro groups is 1. The van der Waals surface area contributed by atoms with Gasteiger partial charge in [-0.3, -0.25) is 14.9 Å². The SMILES string of the molecule is CC(=O)c1cc([N+](=O)[O-])ccc1OCc1nc(C)c(C)o1. The molecule has 7 heteroatoms. The van der Waals surface area contributed by atoms with Crippen molar-refractivity contribution in [2.24, 2.45) is 0 Å². The number of aromatic nitrogens is 1. The number of carbonyl (C=O) groups is 1. The monoisotopic (exact) mass is 290 g/mol. The summed E-state index contributed by atoms with van der Waals surface area (Å²) in [6, 6.07) is 3.88. The molecular weight excluding hydrogens is 276 g/mol. The quantitative estimate of drug-likeness (QED) is 0.477. The predicted molar refractivity (Wildman–Crippen MR) is 73.4 cm³/mol. The second kappa shape index (κ2) is 5.74. The van der Waals surface area contributed by atoms with Crippen molar-refractivity contribution in [3.8, 4) is 5.75 Å². The minimum atomic E-state index is -0.559. The fourth-order valence-corrected chi connectivity index (χ4v) is 1.77. The molecule has 0 amide bonds. The van der Waals surface area contributed by atoms with Crippen LogP contribution in [0, 0.1) is 24.0 Å². The number of aryl methyl sites for hydroxylation is 2. The molecule has 2 rings (SSSR count). The van der Waals surface area contributed by atoms with Gasteiger partial charge in [0.25, 0.3) is 5.69 Å². The Labute approximate surface area is 120 Å². The number of hydrogen-bond acceptors (Lipinski definition) is 6. The zero-order chi connectivity index (χ0) is 15.6. The molecule has 0 spiro atoms. The van der Waals surface area contributed by atoms with Gasteiger partial charge in [0.05, 0.1) is 16.2 Å². The molecule has 2 aromatic rings. The smallest absolute Gasteiger partial charge is 0.270 e. The second-order valence-electron chi connectivity index (χ2n) is 4.53. The molecule has 0 saturated carbocycles. The number of nitro benzene ring substituents is 1. The van der Waals surface area contributed by atoms with Gasteiger partial charge >= 0.3 is 0 Å². The molecule has 21 heavy (non-hydrogen) atoms. The summed E-state index contributed by atoms with van der Waals surface area (Å²) in [6.45, 7) is 4.98. The fourth-order valence-electron chi connectivity index (χ4n) is 1.77. The molecule has 7 nitrogen and oxygen atoms in total. The van der Waals surface area contributed by atoms with Gasteiger partial charge in [0.1, 0.15) is 11.5 Å². The van der Waals surface area contributed by atoms with Gasteiger partial charge in [-0.05, 0) is 26.8 Å². The van der Waals surface area contributed by atoms with Crippen molar-refractivity contribution in [2.45, 2.75) is 27.4 Å². The van der Waals surface area contributed by atoms with Gasteiger partial charge in [0.15, 0.2) is 12.4 Å². The molecule has 0 N–H and O–H groups in total. The number of oxazole rings is 1. The van der Waals surface area contributed by atoms with Crippen molar-refractivity contribution < 1.29 is 18.9 Å². The summed E-state index contributed by atoms with van der Waals surface area (Å²) in [4.78, 5) is 25.9. The third-order valence-corrected chi connectivity index (χ3v) is 2.98. The lowest BCUT2D eigenvalue weighted by Crippen LogP contribution is -2.03. The number of carbonyl (C=O) groups excluding carboxylic acids is 1. The molecule has 0 aliphatic heterocycles. The summed E-state index contributed by atoms with van der Waals surface area (Å²) in [7, 11) is 0. The molecule has 1 aromatic carbocycles. The predicted octanol–water partition coefficient (Wildman–Crippen LogP) is 2.98. The lowest BCUT2D eigenvalue weighted by atomic mass is 10.1. The molecule has 0 unspecified atom stereocenters. The van der Waals surface area contributed by atoms with E-state index in [-0.39, 0.29) is 29.4 Å². The minimum Gasteiger partial charge on any atom is -0.483 e. The van der Waals surface area contributed by atoms with Crippen LogP contribution in [0.3, 0.4) is 0 Å². The molecule has 1 heterocycles. The van der Waals surface area contributed by atoms with Crippen LogP contribution in [0.4, 0.5) is 5.69 Å². The Kier molecular flexibility index (Phi) is 4.02. The first-order valence-corrected chi connectivity index (χ1v) is 6.23. The van der Waals surface area contributed by atoms with Crippen molar-refractivity contribution in [2.75, 3.05) is 0 Å². The Morgan fingerprint density at radius 2 is 2.14 bits per heavy atom. The molecule has 0 fully saturated rings. The van der Waals surface area contributed by atoms with Crippen LogP contribution in [0.5, 0.6) is 5.75 Å². The van der Waals surface area contributed by atoms with E-state index >= 15 is 0 Å². The van der Waals surface area contributed by atoms with Gasteiger partial charge in [0, 0.05) is 12.1 Å². The Morgan fingerprint density at radius 3 is 2.67 bits per heavy atom. The van der Waals surface area contributed by atoms with Gasteiger partial charge in [-0.1, -0.05) is 0 Å². The molecule has 110 valence electrons. The summed E-state index contributed by atoms with van der Waals surface area (Å²) in [5.74, 6) is 1.04. The van der Waals surface area contributed by atoms with Crippen LogP contribution in [0.15, 0.2) is 22.6 Å². The molecule has 0 atom stereocenters. The van der Waals surface area contributed by atoms with E-state index in [0.29, 0.717) is 11.7 Å². The summed E-state index contributed by atoms with van der Waals surface area (Å²) in [6.07, 6.45) is 0. The van der Waals surface area contributed by atoms with Crippen LogP contribution in [0.25, 0.3) is 0 Å². The highest BCUT2D eigenvalue weighted by Crippen LogP contribution is 2.25. The van der Waals surface area contributed by atoms with Gasteiger partial charge in [-0.2, -0.15) is 0 Å². The molecule has 0 bridgehead atoms. The number of hydrogen-bond donors (Lipinski definition) is 0. The van der Waals surface area contributed by atoms with Crippen LogP contribution in [-0.2, 0) is 6.61 Å². The van der Waals surface area contributed by atoms with E-state index in [9.17, 15) is 14.9 Å². The largest absolute Gasteiger partial charge is 0.483 e. The Hall–Kier alpha value is -2.70. The maximum atomic E-state index is 11.6. The number of rotatable bonds is 5. The van der Waals surface area contributed by atoms with Gasteiger partial charge in [-0.15, -0.1) is 0 Å². The number of benzene rings is 1. The van der Waals surface area contributed by atoms with Crippen molar-refractivity contribution in [3.63, 3.8) is 0 Å². The lowest BCUT2D eigenvalue weighted by molar-refractivity contribution is -0.384. The highest BCUT2D eigenvalue weighted by atomic mass is 16.6. The normalized spacial score (nSPS) is 10.4. The Morgan fingerprint density at radius 1 is 1.43 bits per heavy atom. The van der Waals surface area contributed by atoms with E-state index in [2.05, 4.69) is 4.98 Å². The van der Waals surface area contributed by atoms with Gasteiger partial charge in [-0.25, -0.2) is 4.98 Å². The minimum absolute atomic E-state index is 0.0484. The Bertz CT molecular complexity index is 686. The van der Waals surface area contributed by atoms with Gasteiger partial charge in [0.2, 0.25) is 5.89 Å². The fraction of sp³-hybridized carbons (Fsp3) is 0.286. The molecule has 0 saturated heterocycles. The topological polar surface area (TPSA) is 95.5 Å². The number of ether oxygens (including phenoxy) is 1. The maximum Gasteiger partial charge on any atom is 0.270 e. The summed E-state index contributed by atoms with van der Waals surface area (Å²) in [5, 5.41) is 10.7. The highest BCUT2D eigenvalue weighted by Gasteiger charge is 2.16. The standard InChI is InChI=1S/C14H14N2O5/c1-8-10(3)21-14(15-8)7-20-13-5-4-11(16(18)19)6-12(13)9(2)17/h4-6H,7H2,1-3H3. The van der Waals surface area contributed by atoms with E-state index < -0.39 is 4.92 Å². The van der Waals surface area contributed by atoms with Crippen LogP contribution in [0.2, 0.25) is 0 Å². The van der Waals surface area contributed by atoms with Crippen molar-refractivity contribution in [1.29, 1.82) is 0 Å². The van der Waals surface area contributed by atoms with Crippen molar-refractivity contribution in [1.82, 2.24) is 4.98 Å². The van der Waals surface area contributed by atoms with E-state index in [0.717, 1.165) is 5.69 Å². The first kappa shape index (κ1) is 14.7. The average molecular weight is 290 g/mol. The van der Waals surface area contributed by atoms with Crippen LogP contribution in [-0.4, -0.2) is 15.7 Å². The molecule has 0 radical (unpaired) electrons. The van der Waals surface area contributed by atoms with Crippen LogP contribution >= 0.6 is 0 Å². The van der Waals surface area contributed by atoms with Crippen molar-refractivity contribution in [3.05, 3.63) is 51.2 Å². The van der Waals surface area contributed by atoms with Crippen molar-refractivity contribution >= 4 is 11.5 Å². The second-order valence-corrected chi connectivity index (χ2v) is 4.53. The maximum absolute atomic E-state index is 11.6. The number of Topliss-reactive ketones (excluding diaryl/α,β-unsaturated/α-hetero) is 1. The summed E-state index contributed by atoms with van der Waals surface area (Å²) >= 11 is 0. The molecule has 0 aliphatic carbocycles. The number of ketones is 1. The van der Waals surface area contributed by atoms with E-state index in [1.54, 1.807) is 6.92 Å². The number of non-ortho nitro benzene ring substituents is 1. The molecule has 0 aliphatic rings. The third kappa shape index (κ3) is 3.25. The highest BCUT2D eigenvalue weighted by molar-refractivity contribution is 5.97. The zero-order valence-corrected chi connectivity index (χ0v) is 11.9. The van der Waals surface area contributed by atoms with E-state index in [1.165, 1.54) is 25.1 Å².